The van der Waals surface area contributed by atoms with Crippen molar-refractivity contribution in [1.82, 2.24) is 19.4 Å². The van der Waals surface area contributed by atoms with E-state index in [9.17, 15) is 20.3 Å². The summed E-state index contributed by atoms with van der Waals surface area (Å²) in [4.78, 5) is 20.5. The lowest BCUT2D eigenvalue weighted by molar-refractivity contribution is -0.141. The van der Waals surface area contributed by atoms with Crippen molar-refractivity contribution in [1.29, 1.82) is 5.26 Å². The molecule has 2 unspecified atom stereocenters. The number of likely N-dealkylation sites (tertiary alicyclic amines) is 2. The number of benzene rings is 2. The van der Waals surface area contributed by atoms with E-state index in [2.05, 4.69) is 77.0 Å². The predicted octanol–water partition coefficient (Wildman–Crippen LogP) is 6.98. The fourth-order valence-corrected chi connectivity index (χ4v) is 11.9. The number of aliphatic hydroxyl groups excluding tert-OH is 1. The lowest BCUT2D eigenvalue weighted by Gasteiger charge is -2.60. The number of aromatic nitrogens is 2. The molecule has 278 valence electrons. The molecule has 5 atom stereocenters. The highest BCUT2D eigenvalue weighted by Gasteiger charge is 2.65. The number of ether oxygens (including phenoxy) is 1. The average Bonchev–Trinajstić information content (AvgIpc) is 3.93. The number of rotatable bonds is 11. The van der Waals surface area contributed by atoms with Crippen LogP contribution in [0.3, 0.4) is 0 Å². The van der Waals surface area contributed by atoms with Crippen LogP contribution in [0.15, 0.2) is 72.0 Å². The van der Waals surface area contributed by atoms with Gasteiger partial charge >= 0.3 is 5.97 Å². The first-order valence-electron chi connectivity index (χ1n) is 19.0. The summed E-state index contributed by atoms with van der Waals surface area (Å²) in [7, 11) is 2.06. The Hall–Kier alpha value is -3.59. The van der Waals surface area contributed by atoms with E-state index in [1.54, 1.807) is 11.8 Å². The van der Waals surface area contributed by atoms with Crippen LogP contribution in [-0.2, 0) is 24.8 Å². The Morgan fingerprint density at radius 3 is 2.62 bits per heavy atom. The summed E-state index contributed by atoms with van der Waals surface area (Å²) < 4.78 is 8.71. The molecule has 0 amide bonds. The summed E-state index contributed by atoms with van der Waals surface area (Å²) in [6.07, 6.45) is 14.3. The predicted molar refractivity (Wildman–Crippen MR) is 207 cm³/mol. The number of imidazole rings is 1. The minimum Gasteiger partial charge on any atom is -0.491 e. The van der Waals surface area contributed by atoms with Gasteiger partial charge in [0.15, 0.2) is 5.16 Å². The third-order valence-electron chi connectivity index (χ3n) is 12.8. The molecule has 3 aromatic rings. The number of halogens is 1. The van der Waals surface area contributed by atoms with Crippen molar-refractivity contribution in [2.45, 2.75) is 85.3 Å². The molecule has 3 aliphatic carbocycles. The van der Waals surface area contributed by atoms with E-state index in [0.29, 0.717) is 37.4 Å². The second-order valence-electron chi connectivity index (χ2n) is 15.8. The van der Waals surface area contributed by atoms with Gasteiger partial charge in [-0.3, -0.25) is 14.6 Å². The Bertz CT molecular complexity index is 1980. The third kappa shape index (κ3) is 6.32. The number of fused-ring (bicyclic) bond motifs is 1. The molecule has 1 aromatic heterocycles. The van der Waals surface area contributed by atoms with Crippen LogP contribution in [0.5, 0.6) is 5.75 Å². The zero-order valence-electron chi connectivity index (χ0n) is 30.5. The van der Waals surface area contributed by atoms with Gasteiger partial charge in [0.2, 0.25) is 0 Å². The molecule has 8 rings (SSSR count). The van der Waals surface area contributed by atoms with E-state index in [1.165, 1.54) is 0 Å². The molecule has 5 aliphatic rings. The van der Waals surface area contributed by atoms with E-state index in [1.807, 2.05) is 24.3 Å². The standard InChI is InChI=1S/C42H48ClN5O4S/c1-40(43)35(28-8-4-3-5-9-28)10-6-17-41(40,42(18-7-19-42)53-39-45-30(24-46(39)2)25-47-20-16-31(49)26-47)27-52-37-14-12-33-32(34(37)22-44)11-13-36(33)48-21-15-29(23-48)38(50)51/h3-6,8-10,12,14,17,24,29,31,36,49H,7,11,13,15-16,18-21,23,25-27H2,1-2H3,(H,50,51)/t29-,31-,36-,40?,41?/m1/s1. The average molecular weight is 754 g/mol. The number of aryl methyl sites for hydroxylation is 1. The Labute approximate surface area is 321 Å². The highest BCUT2D eigenvalue weighted by atomic mass is 35.5. The molecule has 0 spiro atoms. The fraction of sp³-hybridized carbons (Fsp3) is 0.500. The number of β-amino-alcohol motifs (C(OH)–C–C–N with tert-alkyl or cyclic N) is 1. The molecule has 3 heterocycles. The number of hydrogen-bond donors (Lipinski definition) is 2. The van der Waals surface area contributed by atoms with Crippen LogP contribution < -0.4 is 4.74 Å². The van der Waals surface area contributed by atoms with Gasteiger partial charge in [0.05, 0.1) is 33.6 Å². The van der Waals surface area contributed by atoms with Gasteiger partial charge in [0, 0.05) is 50.2 Å². The number of nitriles is 1. The number of carboxylic acids is 1. The number of thioether (sulfide) groups is 1. The highest BCUT2D eigenvalue weighted by molar-refractivity contribution is 8.00. The number of carbonyl (C=O) groups is 1. The molecule has 0 radical (unpaired) electrons. The molecule has 2 N–H and O–H groups in total. The summed E-state index contributed by atoms with van der Waals surface area (Å²) in [5, 5.41) is 31.3. The van der Waals surface area contributed by atoms with Gasteiger partial charge in [0.25, 0.3) is 0 Å². The first-order chi connectivity index (χ1) is 25.5. The number of allylic oxidation sites excluding steroid dienone is 3. The van der Waals surface area contributed by atoms with Crippen molar-refractivity contribution in [2.24, 2.45) is 18.4 Å². The number of aliphatic carboxylic acids is 1. The Morgan fingerprint density at radius 1 is 1.13 bits per heavy atom. The maximum atomic E-state index is 11.7. The number of carboxylic acid groups (broad SMARTS) is 1. The topological polar surface area (TPSA) is 115 Å². The van der Waals surface area contributed by atoms with E-state index in [0.717, 1.165) is 84.7 Å². The van der Waals surface area contributed by atoms with Gasteiger partial charge in [-0.05, 0) is 80.3 Å². The van der Waals surface area contributed by atoms with Crippen LogP contribution >= 0.6 is 23.4 Å². The van der Waals surface area contributed by atoms with Crippen LogP contribution in [0.1, 0.15) is 79.4 Å². The first kappa shape index (κ1) is 36.4. The summed E-state index contributed by atoms with van der Waals surface area (Å²) in [5.41, 5.74) is 5.10. The van der Waals surface area contributed by atoms with Crippen molar-refractivity contribution in [3.05, 3.63) is 94.8 Å². The van der Waals surface area contributed by atoms with Crippen LogP contribution in [0.4, 0.5) is 0 Å². The van der Waals surface area contributed by atoms with Crippen LogP contribution in [0.25, 0.3) is 5.57 Å². The Kier molecular flexibility index (Phi) is 9.78. The van der Waals surface area contributed by atoms with Crippen molar-refractivity contribution in [3.63, 3.8) is 0 Å². The molecule has 9 nitrogen and oxygen atoms in total. The third-order valence-corrected chi connectivity index (χ3v) is 15.0. The normalized spacial score (nSPS) is 29.4. The molecule has 11 heteroatoms. The summed E-state index contributed by atoms with van der Waals surface area (Å²) in [6, 6.07) is 17.0. The molecule has 2 saturated heterocycles. The number of aliphatic hydroxyl groups is 1. The summed E-state index contributed by atoms with van der Waals surface area (Å²) in [6.45, 7) is 5.93. The van der Waals surface area contributed by atoms with Crippen molar-refractivity contribution in [3.8, 4) is 11.8 Å². The fourth-order valence-electron chi connectivity index (χ4n) is 9.67. The zero-order chi connectivity index (χ0) is 37.0. The van der Waals surface area contributed by atoms with Gasteiger partial charge < -0.3 is 19.5 Å². The smallest absolute Gasteiger partial charge is 0.307 e. The summed E-state index contributed by atoms with van der Waals surface area (Å²) >= 11 is 9.81. The zero-order valence-corrected chi connectivity index (χ0v) is 32.1. The molecule has 1 saturated carbocycles. The maximum Gasteiger partial charge on any atom is 0.307 e. The van der Waals surface area contributed by atoms with Crippen LogP contribution in [0, 0.1) is 22.7 Å². The van der Waals surface area contributed by atoms with Gasteiger partial charge in [-0.1, -0.05) is 72.8 Å². The highest BCUT2D eigenvalue weighted by Crippen LogP contribution is 2.67. The van der Waals surface area contributed by atoms with E-state index < -0.39 is 16.3 Å². The monoisotopic (exact) mass is 753 g/mol. The molecular weight excluding hydrogens is 706 g/mol. The minimum absolute atomic E-state index is 0.112. The second-order valence-corrected chi connectivity index (χ2v) is 17.9. The van der Waals surface area contributed by atoms with E-state index in [-0.39, 0.29) is 29.4 Å². The SMILES string of the molecule is Cn1cc(CN2CC[C@@H](O)C2)nc1SC1(C2(COc3ccc4c(c3C#N)CC[C@H]4N3CC[C@@H](C(=O)O)C3)C=CC=C(c3ccccc3)C2(C)Cl)CCC1. The first-order valence-corrected chi connectivity index (χ1v) is 20.2. The van der Waals surface area contributed by atoms with Gasteiger partial charge in [-0.2, -0.15) is 5.26 Å². The minimum atomic E-state index is -0.874. The van der Waals surface area contributed by atoms with Gasteiger partial charge in [-0.25, -0.2) is 4.98 Å². The number of hydrogen-bond acceptors (Lipinski definition) is 8. The second kappa shape index (κ2) is 14.2. The molecular formula is C42H48ClN5O4S. The van der Waals surface area contributed by atoms with E-state index >= 15 is 0 Å². The maximum absolute atomic E-state index is 11.7. The number of nitrogens with zero attached hydrogens (tertiary/aromatic N) is 5. The molecule has 2 aromatic carbocycles. The molecule has 53 heavy (non-hydrogen) atoms. The quantitative estimate of drug-likeness (QED) is 0.200. The molecule has 0 bridgehead atoms. The lowest BCUT2D eigenvalue weighted by Crippen LogP contribution is -2.62. The van der Waals surface area contributed by atoms with Crippen molar-refractivity contribution >= 4 is 34.9 Å². The van der Waals surface area contributed by atoms with Gasteiger partial charge in [0.1, 0.15) is 18.4 Å². The number of alkyl halides is 1. The molecule has 3 fully saturated rings. The van der Waals surface area contributed by atoms with Crippen molar-refractivity contribution < 1.29 is 19.7 Å². The molecule has 2 aliphatic heterocycles. The Morgan fingerprint density at radius 2 is 1.94 bits per heavy atom. The Balaban J connectivity index is 1.13. The van der Waals surface area contributed by atoms with Gasteiger partial charge in [-0.15, -0.1) is 11.6 Å². The van der Waals surface area contributed by atoms with Crippen LogP contribution in [0.2, 0.25) is 0 Å². The van der Waals surface area contributed by atoms with Crippen LogP contribution in [-0.4, -0.2) is 84.0 Å². The summed E-state index contributed by atoms with van der Waals surface area (Å²) in [5.74, 6) is -0.507. The lowest BCUT2D eigenvalue weighted by atomic mass is 9.55. The van der Waals surface area contributed by atoms with E-state index in [4.69, 9.17) is 21.3 Å². The largest absolute Gasteiger partial charge is 0.491 e. The van der Waals surface area contributed by atoms with Crippen molar-refractivity contribution in [2.75, 3.05) is 32.8 Å².